The summed E-state index contributed by atoms with van der Waals surface area (Å²) in [6, 6.07) is 0. The quantitative estimate of drug-likeness (QED) is 0.721. The van der Waals surface area contributed by atoms with Gasteiger partial charge in [-0.15, -0.1) is 0 Å². The summed E-state index contributed by atoms with van der Waals surface area (Å²) in [5.74, 6) is -0.682. The fraction of sp³-hybridized carbons (Fsp3) is 0.375. The van der Waals surface area contributed by atoms with Crippen molar-refractivity contribution in [2.45, 2.75) is 6.92 Å². The van der Waals surface area contributed by atoms with Gasteiger partial charge in [0.2, 0.25) is 0 Å². The van der Waals surface area contributed by atoms with E-state index in [-0.39, 0.29) is 5.69 Å². The molecule has 1 N–H and O–H groups in total. The van der Waals surface area contributed by atoms with Crippen LogP contribution >= 0.6 is 0 Å². The monoisotopic (exact) mass is 181 g/mol. The normalized spacial score (nSPS) is 9.77. The van der Waals surface area contributed by atoms with E-state index < -0.39 is 5.97 Å². The highest BCUT2D eigenvalue weighted by Crippen LogP contribution is 2.12. The minimum atomic E-state index is -1.06. The number of hydrogen-bond donors (Lipinski definition) is 1. The first-order valence-corrected chi connectivity index (χ1v) is 3.76. The van der Waals surface area contributed by atoms with E-state index in [0.29, 0.717) is 11.5 Å². The first kappa shape index (κ1) is 9.44. The van der Waals surface area contributed by atoms with Gasteiger partial charge in [-0.25, -0.2) is 14.8 Å². The molecule has 13 heavy (non-hydrogen) atoms. The van der Waals surface area contributed by atoms with Gasteiger partial charge in [0.25, 0.3) is 0 Å². The van der Waals surface area contributed by atoms with Crippen LogP contribution in [0.5, 0.6) is 0 Å². The van der Waals surface area contributed by atoms with Crippen molar-refractivity contribution in [1.82, 2.24) is 9.97 Å². The van der Waals surface area contributed by atoms with Crippen molar-refractivity contribution in [2.75, 3.05) is 19.0 Å². The number of aryl methyl sites for hydroxylation is 1. The molecule has 1 heterocycles. The SMILES string of the molecule is Cc1cnc(N(C)C)c(C(=O)O)n1. The lowest BCUT2D eigenvalue weighted by molar-refractivity contribution is 0.0690. The van der Waals surface area contributed by atoms with Crippen molar-refractivity contribution in [3.63, 3.8) is 0 Å². The summed E-state index contributed by atoms with van der Waals surface area (Å²) in [6.07, 6.45) is 1.54. The summed E-state index contributed by atoms with van der Waals surface area (Å²) in [7, 11) is 3.46. The highest BCUT2D eigenvalue weighted by atomic mass is 16.4. The molecule has 0 aliphatic heterocycles. The summed E-state index contributed by atoms with van der Waals surface area (Å²) in [5.41, 5.74) is 0.591. The molecule has 1 aromatic heterocycles. The lowest BCUT2D eigenvalue weighted by Crippen LogP contribution is -2.17. The molecule has 0 spiro atoms. The molecule has 0 aliphatic rings. The van der Waals surface area contributed by atoms with Crippen LogP contribution in [-0.4, -0.2) is 35.1 Å². The Morgan fingerprint density at radius 3 is 2.62 bits per heavy atom. The first-order valence-electron chi connectivity index (χ1n) is 3.76. The molecular formula is C8H11N3O2. The van der Waals surface area contributed by atoms with E-state index in [1.165, 1.54) is 0 Å². The second kappa shape index (κ2) is 3.38. The molecule has 0 aliphatic carbocycles. The third kappa shape index (κ3) is 1.93. The fourth-order valence-corrected chi connectivity index (χ4v) is 0.942. The van der Waals surface area contributed by atoms with Gasteiger partial charge in [0, 0.05) is 14.1 Å². The molecule has 0 fully saturated rings. The van der Waals surface area contributed by atoms with E-state index in [1.54, 1.807) is 32.1 Å². The molecule has 1 aromatic rings. The second-order valence-electron chi connectivity index (χ2n) is 2.88. The van der Waals surface area contributed by atoms with Crippen LogP contribution in [0.1, 0.15) is 16.2 Å². The first-order chi connectivity index (χ1) is 6.02. The zero-order valence-corrected chi connectivity index (χ0v) is 7.77. The van der Waals surface area contributed by atoms with Gasteiger partial charge < -0.3 is 10.0 Å². The Kier molecular flexibility index (Phi) is 2.46. The van der Waals surface area contributed by atoms with Gasteiger partial charge in [-0.05, 0) is 6.92 Å². The minimum Gasteiger partial charge on any atom is -0.476 e. The van der Waals surface area contributed by atoms with Gasteiger partial charge >= 0.3 is 5.97 Å². The summed E-state index contributed by atoms with van der Waals surface area (Å²) < 4.78 is 0. The third-order valence-corrected chi connectivity index (χ3v) is 1.50. The zero-order valence-electron chi connectivity index (χ0n) is 7.77. The van der Waals surface area contributed by atoms with Crippen molar-refractivity contribution in [3.8, 4) is 0 Å². The number of rotatable bonds is 2. The highest BCUT2D eigenvalue weighted by molar-refractivity contribution is 5.90. The van der Waals surface area contributed by atoms with E-state index in [0.717, 1.165) is 0 Å². The minimum absolute atomic E-state index is 0.00926. The number of hydrogen-bond acceptors (Lipinski definition) is 4. The summed E-state index contributed by atoms with van der Waals surface area (Å²) >= 11 is 0. The standard InChI is InChI=1S/C8H11N3O2/c1-5-4-9-7(11(2)3)6(10-5)8(12)13/h4H,1-3H3,(H,12,13). The van der Waals surface area contributed by atoms with Gasteiger partial charge in [-0.2, -0.15) is 0 Å². The lowest BCUT2D eigenvalue weighted by atomic mass is 10.3. The van der Waals surface area contributed by atoms with Crippen molar-refractivity contribution in [1.29, 1.82) is 0 Å². The molecule has 0 saturated carbocycles. The number of aromatic nitrogens is 2. The van der Waals surface area contributed by atoms with Gasteiger partial charge in [-0.1, -0.05) is 0 Å². The molecule has 0 bridgehead atoms. The predicted octanol–water partition coefficient (Wildman–Crippen LogP) is 0.549. The van der Waals surface area contributed by atoms with Crippen LogP contribution in [0.3, 0.4) is 0 Å². The van der Waals surface area contributed by atoms with Crippen molar-refractivity contribution < 1.29 is 9.90 Å². The maximum absolute atomic E-state index is 10.7. The van der Waals surface area contributed by atoms with Gasteiger partial charge in [0.1, 0.15) is 0 Å². The zero-order chi connectivity index (χ0) is 10.0. The Hall–Kier alpha value is -1.65. The maximum atomic E-state index is 10.7. The maximum Gasteiger partial charge on any atom is 0.358 e. The number of aromatic carboxylic acids is 1. The van der Waals surface area contributed by atoms with Gasteiger partial charge in [0.05, 0.1) is 11.9 Å². The van der Waals surface area contributed by atoms with E-state index in [4.69, 9.17) is 5.11 Å². The molecule has 0 atom stereocenters. The van der Waals surface area contributed by atoms with E-state index in [1.807, 2.05) is 0 Å². The van der Waals surface area contributed by atoms with Crippen LogP contribution in [0, 0.1) is 6.92 Å². The summed E-state index contributed by atoms with van der Waals surface area (Å²) in [6.45, 7) is 1.71. The summed E-state index contributed by atoms with van der Waals surface area (Å²) in [5, 5.41) is 8.81. The molecule has 0 unspecified atom stereocenters. The highest BCUT2D eigenvalue weighted by Gasteiger charge is 2.14. The van der Waals surface area contributed by atoms with Crippen LogP contribution in [0.4, 0.5) is 5.82 Å². The van der Waals surface area contributed by atoms with Crippen LogP contribution in [0.2, 0.25) is 0 Å². The largest absolute Gasteiger partial charge is 0.476 e. The van der Waals surface area contributed by atoms with Crippen molar-refractivity contribution in [3.05, 3.63) is 17.6 Å². The van der Waals surface area contributed by atoms with Crippen LogP contribution in [0.15, 0.2) is 6.20 Å². The Morgan fingerprint density at radius 2 is 2.15 bits per heavy atom. The Bertz CT molecular complexity index is 336. The van der Waals surface area contributed by atoms with Gasteiger partial charge in [-0.3, -0.25) is 0 Å². The smallest absolute Gasteiger partial charge is 0.358 e. The van der Waals surface area contributed by atoms with Crippen molar-refractivity contribution >= 4 is 11.8 Å². The van der Waals surface area contributed by atoms with Crippen LogP contribution < -0.4 is 4.90 Å². The number of anilines is 1. The average molecular weight is 181 g/mol. The molecule has 0 amide bonds. The number of carboxylic acid groups (broad SMARTS) is 1. The van der Waals surface area contributed by atoms with E-state index >= 15 is 0 Å². The Labute approximate surface area is 76.0 Å². The lowest BCUT2D eigenvalue weighted by Gasteiger charge is -2.12. The van der Waals surface area contributed by atoms with Gasteiger partial charge in [0.15, 0.2) is 11.5 Å². The molecule has 0 saturated heterocycles. The summed E-state index contributed by atoms with van der Waals surface area (Å²) in [4.78, 5) is 20.2. The predicted molar refractivity (Wildman–Crippen MR) is 48.1 cm³/mol. The fourth-order valence-electron chi connectivity index (χ4n) is 0.942. The number of carbonyl (C=O) groups is 1. The molecule has 1 rings (SSSR count). The molecule has 5 nitrogen and oxygen atoms in total. The Balaban J connectivity index is 3.27. The number of nitrogens with zero attached hydrogens (tertiary/aromatic N) is 3. The Morgan fingerprint density at radius 1 is 1.54 bits per heavy atom. The molecule has 0 aromatic carbocycles. The molecule has 70 valence electrons. The van der Waals surface area contributed by atoms with Crippen molar-refractivity contribution in [2.24, 2.45) is 0 Å². The second-order valence-corrected chi connectivity index (χ2v) is 2.88. The molecule has 0 radical (unpaired) electrons. The van der Waals surface area contributed by atoms with E-state index in [2.05, 4.69) is 9.97 Å². The number of carboxylic acids is 1. The third-order valence-electron chi connectivity index (χ3n) is 1.50. The van der Waals surface area contributed by atoms with E-state index in [9.17, 15) is 4.79 Å². The molecule has 5 heteroatoms. The molecular weight excluding hydrogens is 170 g/mol. The van der Waals surface area contributed by atoms with Crippen LogP contribution in [0.25, 0.3) is 0 Å². The van der Waals surface area contributed by atoms with Crippen LogP contribution in [-0.2, 0) is 0 Å². The topological polar surface area (TPSA) is 66.3 Å². The average Bonchev–Trinajstić information content (AvgIpc) is 2.03.